The minimum atomic E-state index is -4.05. The first-order chi connectivity index (χ1) is 26.1. The molecule has 8 rings (SSSR count). The number of hydrogen-bond acceptors (Lipinski definition) is 9. The summed E-state index contributed by atoms with van der Waals surface area (Å²) in [7, 11) is -2.53. The van der Waals surface area contributed by atoms with Gasteiger partial charge in [-0.15, -0.1) is 0 Å². The Morgan fingerprint density at radius 2 is 1.93 bits per heavy atom. The monoisotopic (exact) mass is 780 g/mol. The van der Waals surface area contributed by atoms with E-state index < -0.39 is 21.2 Å². The Hall–Kier alpha value is -2.96. The highest BCUT2D eigenvalue weighted by Gasteiger charge is 2.44. The average Bonchev–Trinajstić information content (AvgIpc) is 3.29. The molecule has 1 spiro atoms. The van der Waals surface area contributed by atoms with Crippen molar-refractivity contribution in [3.63, 3.8) is 0 Å². The van der Waals surface area contributed by atoms with Crippen molar-refractivity contribution in [1.29, 1.82) is 0 Å². The average molecular weight is 781 g/mol. The van der Waals surface area contributed by atoms with Gasteiger partial charge in [-0.2, -0.15) is 0 Å². The number of ketones is 1. The number of carbonyl (C=O) groups excluding carboxylic acids is 2. The number of nitrogens with zero attached hydrogens (tertiary/aromatic N) is 2. The predicted molar refractivity (Wildman–Crippen MR) is 213 cm³/mol. The van der Waals surface area contributed by atoms with Gasteiger partial charge in [-0.05, 0) is 124 Å². The largest absolute Gasteiger partial charge is 0.490 e. The molecule has 294 valence electrons. The summed E-state index contributed by atoms with van der Waals surface area (Å²) in [6.45, 7) is 8.91. The molecular formula is C42H57ClN4O6S. The molecule has 3 fully saturated rings. The lowest BCUT2D eigenvalue weighted by Gasteiger charge is -2.44. The van der Waals surface area contributed by atoms with Crippen LogP contribution in [0.4, 0.5) is 5.69 Å². The van der Waals surface area contributed by atoms with Crippen molar-refractivity contribution in [2.24, 2.45) is 17.8 Å². The number of piperazine rings is 1. The molecular weight excluding hydrogens is 724 g/mol. The van der Waals surface area contributed by atoms with Crippen LogP contribution >= 0.6 is 11.6 Å². The van der Waals surface area contributed by atoms with Crippen LogP contribution in [0.1, 0.15) is 86.2 Å². The van der Waals surface area contributed by atoms with Crippen LogP contribution in [0.2, 0.25) is 5.02 Å². The number of sulfonamides is 1. The zero-order chi connectivity index (χ0) is 37.9. The highest BCUT2D eigenvalue weighted by molar-refractivity contribution is 7.90. The van der Waals surface area contributed by atoms with Crippen LogP contribution < -0.4 is 19.7 Å². The third-order valence-electron chi connectivity index (χ3n) is 12.9. The van der Waals surface area contributed by atoms with Crippen molar-refractivity contribution in [3.8, 4) is 5.75 Å². The van der Waals surface area contributed by atoms with Gasteiger partial charge in [-0.1, -0.05) is 37.1 Å². The van der Waals surface area contributed by atoms with Crippen LogP contribution in [0.3, 0.4) is 0 Å². The van der Waals surface area contributed by atoms with Crippen LogP contribution in [0, 0.1) is 17.8 Å². The number of amides is 1. The molecule has 4 heterocycles. The number of ether oxygens (including phenoxy) is 2. The van der Waals surface area contributed by atoms with E-state index in [4.69, 9.17) is 21.1 Å². The Morgan fingerprint density at radius 1 is 1.06 bits per heavy atom. The van der Waals surface area contributed by atoms with Crippen molar-refractivity contribution in [3.05, 3.63) is 70.3 Å². The summed E-state index contributed by atoms with van der Waals surface area (Å²) in [6.07, 6.45) is 13.0. The number of allylic oxidation sites excluding steroid dienone is 2. The normalized spacial score (nSPS) is 31.5. The summed E-state index contributed by atoms with van der Waals surface area (Å²) in [5, 5.41) is 3.30. The van der Waals surface area contributed by atoms with Crippen LogP contribution in [0.25, 0.3) is 0 Å². The van der Waals surface area contributed by atoms with Crippen molar-refractivity contribution >= 4 is 39.0 Å². The number of carbonyl (C=O) groups is 2. The molecule has 2 N–H and O–H groups in total. The van der Waals surface area contributed by atoms with Gasteiger partial charge in [-0.25, -0.2) is 13.1 Å². The first kappa shape index (κ1) is 39.3. The number of methoxy groups -OCH3 is 1. The van der Waals surface area contributed by atoms with E-state index in [2.05, 4.69) is 32.0 Å². The first-order valence-electron chi connectivity index (χ1n) is 20.1. The number of fused-ring (bicyclic) bond motifs is 5. The molecule has 2 saturated heterocycles. The third kappa shape index (κ3) is 8.55. The van der Waals surface area contributed by atoms with Crippen LogP contribution in [-0.2, 0) is 31.4 Å². The summed E-state index contributed by atoms with van der Waals surface area (Å²) in [5.41, 5.74) is 3.17. The fraction of sp³-hybridized carbons (Fsp3) is 0.619. The summed E-state index contributed by atoms with van der Waals surface area (Å²) in [5.74, 6) is -0.172. The lowest BCUT2D eigenvalue weighted by atomic mass is 9.68. The van der Waals surface area contributed by atoms with E-state index in [1.807, 2.05) is 13.0 Å². The van der Waals surface area contributed by atoms with Gasteiger partial charge in [0.1, 0.15) is 5.75 Å². The molecule has 6 atom stereocenters. The molecule has 2 aromatic carbocycles. The first-order valence-corrected chi connectivity index (χ1v) is 22.0. The van der Waals surface area contributed by atoms with E-state index >= 15 is 0 Å². The lowest BCUT2D eigenvalue weighted by Crippen LogP contribution is -2.53. The van der Waals surface area contributed by atoms with Gasteiger partial charge in [0.2, 0.25) is 10.0 Å². The molecule has 12 heteroatoms. The van der Waals surface area contributed by atoms with E-state index in [9.17, 15) is 18.0 Å². The van der Waals surface area contributed by atoms with E-state index in [0.717, 1.165) is 48.9 Å². The van der Waals surface area contributed by atoms with E-state index in [1.165, 1.54) is 63.7 Å². The van der Waals surface area contributed by atoms with E-state index in [1.54, 1.807) is 30.4 Å². The standard InChI is InChI=1S/C34H41ClN2O6S.C8H16N2/c1-22-5-3-7-30(38)27-11-8-25(27)19-37-20-34(15-4-6-23-17-26(35)10-12-28(23)34)21-43-31-13-9-24(18-29(31)37)33(39)36-44(40,41)32(22)14-16-42-2;1-2-5-10-6-4-9-7-8(10)3-1/h3,7,9-10,12-13,17-18,22,25,27,32H,4-6,8,11,14-16,19-21H2,1-2H3,(H,36,39);8-9H,1-7H2/b7-3+;/t22-,25-,27+,32+,34-;8-/m01/s1. The molecule has 1 amide bonds. The van der Waals surface area contributed by atoms with Gasteiger partial charge in [0.25, 0.3) is 5.91 Å². The zero-order valence-corrected chi connectivity index (χ0v) is 33.4. The van der Waals surface area contributed by atoms with Gasteiger partial charge in [0, 0.05) is 74.4 Å². The number of aryl methyl sites for hydroxylation is 1. The molecule has 10 nitrogen and oxygen atoms in total. The molecule has 0 aromatic heterocycles. The SMILES string of the molecule is C1CCN2CCNC[C@H]2C1.COCC[C@@H]1[C@@H](C)C/C=C/C(=O)[C@@H]2CC[C@H]2CN2C[C@@]3(CCCc4cc(Cl)ccc43)COc3ccc(cc32)C(=O)NS1(=O)=O. The maximum absolute atomic E-state index is 13.6. The minimum absolute atomic E-state index is 0.0880. The Morgan fingerprint density at radius 3 is 2.72 bits per heavy atom. The fourth-order valence-corrected chi connectivity index (χ4v) is 11.5. The second kappa shape index (κ2) is 17.0. The molecule has 2 bridgehead atoms. The van der Waals surface area contributed by atoms with Crippen molar-refractivity contribution in [1.82, 2.24) is 14.9 Å². The number of piperidine rings is 1. The minimum Gasteiger partial charge on any atom is -0.490 e. The van der Waals surface area contributed by atoms with Crippen LogP contribution in [0.15, 0.2) is 48.6 Å². The number of hydrogen-bond donors (Lipinski definition) is 2. The highest BCUT2D eigenvalue weighted by atomic mass is 35.5. The molecule has 54 heavy (non-hydrogen) atoms. The smallest absolute Gasteiger partial charge is 0.264 e. The topological polar surface area (TPSA) is 117 Å². The Labute approximate surface area is 326 Å². The second-order valence-electron chi connectivity index (χ2n) is 16.4. The maximum atomic E-state index is 13.6. The summed E-state index contributed by atoms with van der Waals surface area (Å²) < 4.78 is 41.2. The van der Waals surface area contributed by atoms with Crippen LogP contribution in [-0.4, -0.2) is 95.9 Å². The van der Waals surface area contributed by atoms with Crippen molar-refractivity contribution < 1.29 is 27.5 Å². The number of anilines is 1. The quantitative estimate of drug-likeness (QED) is 0.392. The van der Waals surface area contributed by atoms with Gasteiger partial charge < -0.3 is 19.7 Å². The van der Waals surface area contributed by atoms with E-state index in [0.29, 0.717) is 31.9 Å². The predicted octanol–water partition coefficient (Wildman–Crippen LogP) is 5.91. The fourth-order valence-electron chi connectivity index (χ4n) is 9.69. The van der Waals surface area contributed by atoms with Crippen molar-refractivity contribution in [2.75, 3.05) is 64.5 Å². The zero-order valence-electron chi connectivity index (χ0n) is 31.9. The summed E-state index contributed by atoms with van der Waals surface area (Å²) in [4.78, 5) is 31.8. The number of rotatable bonds is 3. The Balaban J connectivity index is 0.000000386. The van der Waals surface area contributed by atoms with Gasteiger partial charge in [-0.3, -0.25) is 14.5 Å². The molecule has 0 unspecified atom stereocenters. The van der Waals surface area contributed by atoms with E-state index in [-0.39, 0.29) is 47.5 Å². The number of halogens is 1. The number of nitrogens with one attached hydrogen (secondary N) is 2. The molecule has 6 aliphatic rings. The molecule has 2 aliphatic carbocycles. The van der Waals surface area contributed by atoms with Gasteiger partial charge in [0.05, 0.1) is 17.5 Å². The van der Waals surface area contributed by atoms with Gasteiger partial charge >= 0.3 is 0 Å². The summed E-state index contributed by atoms with van der Waals surface area (Å²) in [6, 6.07) is 12.1. The third-order valence-corrected chi connectivity index (χ3v) is 15.1. The maximum Gasteiger partial charge on any atom is 0.264 e. The molecule has 2 aromatic rings. The Kier molecular flexibility index (Phi) is 12.4. The van der Waals surface area contributed by atoms with Gasteiger partial charge in [0.15, 0.2) is 5.78 Å². The molecule has 1 saturated carbocycles. The summed E-state index contributed by atoms with van der Waals surface area (Å²) >= 11 is 6.39. The molecule has 0 radical (unpaired) electrons. The Bertz CT molecular complexity index is 1800. The molecule has 4 aliphatic heterocycles. The lowest BCUT2D eigenvalue weighted by molar-refractivity contribution is -0.122. The number of benzene rings is 2. The van der Waals surface area contributed by atoms with Crippen molar-refractivity contribution in [2.45, 2.75) is 87.8 Å². The second-order valence-corrected chi connectivity index (χ2v) is 18.8. The highest BCUT2D eigenvalue weighted by Crippen LogP contribution is 2.46. The van der Waals surface area contributed by atoms with Crippen LogP contribution in [0.5, 0.6) is 5.75 Å².